The Morgan fingerprint density at radius 2 is 1.80 bits per heavy atom. The predicted octanol–water partition coefficient (Wildman–Crippen LogP) is 3.20. The summed E-state index contributed by atoms with van der Waals surface area (Å²) in [6.07, 6.45) is 1.44. The van der Waals surface area contributed by atoms with Crippen LogP contribution < -0.4 is 10.1 Å². The molecule has 1 aromatic carbocycles. The molecule has 1 N–H and O–H groups in total. The Bertz CT molecular complexity index is 570. The minimum atomic E-state index is -0.600. The Balaban J connectivity index is 1.76. The Morgan fingerprint density at radius 3 is 2.40 bits per heavy atom. The van der Waals surface area contributed by atoms with Gasteiger partial charge in [-0.2, -0.15) is 0 Å². The van der Waals surface area contributed by atoms with Crippen molar-refractivity contribution in [3.8, 4) is 5.75 Å². The van der Waals surface area contributed by atoms with Crippen LogP contribution in [-0.4, -0.2) is 43.8 Å². The number of carbonyl (C=O) groups excluding carboxylic acids is 2. The van der Waals surface area contributed by atoms with E-state index in [1.807, 2.05) is 0 Å². The molecule has 0 bridgehead atoms. The first-order valence-electron chi connectivity index (χ1n) is 8.64. The molecule has 6 heteroatoms. The fourth-order valence-electron chi connectivity index (χ4n) is 2.43. The van der Waals surface area contributed by atoms with Crippen LogP contribution in [0.25, 0.3) is 0 Å². The molecule has 0 radical (unpaired) electrons. The van der Waals surface area contributed by atoms with Gasteiger partial charge in [0.25, 0.3) is 0 Å². The molecule has 0 unspecified atom stereocenters. The zero-order chi connectivity index (χ0) is 18.3. The van der Waals surface area contributed by atoms with Gasteiger partial charge >= 0.3 is 6.09 Å². The first-order chi connectivity index (χ1) is 11.8. The van der Waals surface area contributed by atoms with Gasteiger partial charge in [0.1, 0.15) is 11.4 Å². The fourth-order valence-corrected chi connectivity index (χ4v) is 2.43. The molecular weight excluding hydrogens is 322 g/mol. The highest BCUT2D eigenvalue weighted by Gasteiger charge is 2.17. The summed E-state index contributed by atoms with van der Waals surface area (Å²) in [5, 5.41) is 2.47. The largest absolute Gasteiger partial charge is 0.493 e. The average Bonchev–Trinajstić information content (AvgIpc) is 2.58. The summed E-state index contributed by atoms with van der Waals surface area (Å²) in [5.74, 6) is 1.08. The van der Waals surface area contributed by atoms with E-state index < -0.39 is 11.7 Å². The van der Waals surface area contributed by atoms with Crippen molar-refractivity contribution >= 4 is 11.9 Å². The quantitative estimate of drug-likeness (QED) is 0.799. The molecule has 138 valence electrons. The van der Waals surface area contributed by atoms with E-state index in [9.17, 15) is 9.59 Å². The first kappa shape index (κ1) is 19.2. The maximum atomic E-state index is 12.1. The van der Waals surface area contributed by atoms with Crippen molar-refractivity contribution in [2.24, 2.45) is 5.92 Å². The number of amides is 1. The topological polar surface area (TPSA) is 73.9 Å². The van der Waals surface area contributed by atoms with Gasteiger partial charge in [0.05, 0.1) is 13.2 Å². The number of hydrogen-bond acceptors (Lipinski definition) is 5. The van der Waals surface area contributed by atoms with E-state index in [-0.39, 0.29) is 12.3 Å². The second kappa shape index (κ2) is 8.85. The van der Waals surface area contributed by atoms with Crippen molar-refractivity contribution in [2.75, 3.05) is 26.4 Å². The zero-order valence-corrected chi connectivity index (χ0v) is 15.2. The number of hydrogen-bond donors (Lipinski definition) is 1. The molecule has 0 aromatic heterocycles. The van der Waals surface area contributed by atoms with E-state index in [2.05, 4.69) is 5.32 Å². The fraction of sp³-hybridized carbons (Fsp3) is 0.579. The average molecular weight is 349 g/mol. The van der Waals surface area contributed by atoms with Gasteiger partial charge < -0.3 is 19.5 Å². The summed E-state index contributed by atoms with van der Waals surface area (Å²) in [6, 6.07) is 6.97. The summed E-state index contributed by atoms with van der Waals surface area (Å²) >= 11 is 0. The van der Waals surface area contributed by atoms with Gasteiger partial charge in [-0.1, -0.05) is 0 Å². The van der Waals surface area contributed by atoms with Gasteiger partial charge in [-0.05, 0) is 63.8 Å². The molecule has 1 fully saturated rings. The number of alkyl carbamates (subject to hydrolysis) is 1. The molecule has 1 aliphatic rings. The highest BCUT2D eigenvalue weighted by Crippen LogP contribution is 2.18. The molecule has 0 aliphatic carbocycles. The Labute approximate surface area is 148 Å². The van der Waals surface area contributed by atoms with Crippen LogP contribution in [0.2, 0.25) is 0 Å². The van der Waals surface area contributed by atoms with E-state index in [0.29, 0.717) is 18.1 Å². The van der Waals surface area contributed by atoms with E-state index in [1.165, 1.54) is 0 Å². The molecule has 0 saturated carbocycles. The molecule has 1 saturated heterocycles. The van der Waals surface area contributed by atoms with Crippen LogP contribution in [0.1, 0.15) is 44.0 Å². The maximum absolute atomic E-state index is 12.1. The van der Waals surface area contributed by atoms with Crippen molar-refractivity contribution in [3.05, 3.63) is 29.8 Å². The van der Waals surface area contributed by atoms with Crippen LogP contribution in [0.3, 0.4) is 0 Å². The standard InChI is InChI=1S/C19H27NO5/c1-19(2,3)25-18(22)20-12-17(21)15-4-6-16(7-5-15)24-13-14-8-10-23-11-9-14/h4-7,14H,8-13H2,1-3H3,(H,20,22). The van der Waals surface area contributed by atoms with Crippen LogP contribution in [0.4, 0.5) is 4.79 Å². The highest BCUT2D eigenvalue weighted by molar-refractivity contribution is 5.98. The van der Waals surface area contributed by atoms with E-state index in [0.717, 1.165) is 31.8 Å². The summed E-state index contributed by atoms with van der Waals surface area (Å²) in [5.41, 5.74) is -0.0641. The molecule has 1 heterocycles. The number of ketones is 1. The first-order valence-corrected chi connectivity index (χ1v) is 8.64. The molecule has 1 amide bonds. The third kappa shape index (κ3) is 7.13. The normalized spacial score (nSPS) is 15.5. The lowest BCUT2D eigenvalue weighted by Gasteiger charge is -2.22. The lowest BCUT2D eigenvalue weighted by molar-refractivity contribution is 0.0497. The predicted molar refractivity (Wildman–Crippen MR) is 94.0 cm³/mol. The van der Waals surface area contributed by atoms with Crippen molar-refractivity contribution in [1.82, 2.24) is 5.32 Å². The smallest absolute Gasteiger partial charge is 0.408 e. The second-order valence-electron chi connectivity index (χ2n) is 7.17. The molecule has 6 nitrogen and oxygen atoms in total. The van der Waals surface area contributed by atoms with Crippen molar-refractivity contribution in [3.63, 3.8) is 0 Å². The van der Waals surface area contributed by atoms with Crippen LogP contribution in [0, 0.1) is 5.92 Å². The van der Waals surface area contributed by atoms with Gasteiger partial charge in [0.15, 0.2) is 5.78 Å². The van der Waals surface area contributed by atoms with Gasteiger partial charge in [-0.15, -0.1) is 0 Å². The Morgan fingerprint density at radius 1 is 1.16 bits per heavy atom. The number of carbonyl (C=O) groups is 2. The van der Waals surface area contributed by atoms with Crippen molar-refractivity contribution in [2.45, 2.75) is 39.2 Å². The van der Waals surface area contributed by atoms with Gasteiger partial charge in [0.2, 0.25) is 0 Å². The van der Waals surface area contributed by atoms with Crippen LogP contribution in [0.5, 0.6) is 5.75 Å². The number of Topliss-reactive ketones (excluding diaryl/α,β-unsaturated/α-hetero) is 1. The zero-order valence-electron chi connectivity index (χ0n) is 15.2. The van der Waals surface area contributed by atoms with Crippen LogP contribution >= 0.6 is 0 Å². The van der Waals surface area contributed by atoms with Crippen LogP contribution in [-0.2, 0) is 9.47 Å². The minimum absolute atomic E-state index is 0.100. The Kier molecular flexibility index (Phi) is 6.82. The molecule has 0 spiro atoms. The maximum Gasteiger partial charge on any atom is 0.408 e. The number of rotatable bonds is 6. The highest BCUT2D eigenvalue weighted by atomic mass is 16.6. The molecule has 1 aliphatic heterocycles. The molecule has 2 rings (SSSR count). The summed E-state index contributed by atoms with van der Waals surface area (Å²) in [4.78, 5) is 23.7. The summed E-state index contributed by atoms with van der Waals surface area (Å²) in [7, 11) is 0. The lowest BCUT2D eigenvalue weighted by Crippen LogP contribution is -2.35. The summed E-state index contributed by atoms with van der Waals surface area (Å²) < 4.78 is 16.2. The van der Waals surface area contributed by atoms with Crippen molar-refractivity contribution in [1.29, 1.82) is 0 Å². The second-order valence-corrected chi connectivity index (χ2v) is 7.17. The third-order valence-electron chi connectivity index (χ3n) is 3.80. The minimum Gasteiger partial charge on any atom is -0.493 e. The van der Waals surface area contributed by atoms with E-state index in [1.54, 1.807) is 45.0 Å². The van der Waals surface area contributed by atoms with Crippen LogP contribution in [0.15, 0.2) is 24.3 Å². The summed E-state index contributed by atoms with van der Waals surface area (Å²) in [6.45, 7) is 7.47. The van der Waals surface area contributed by atoms with Crippen molar-refractivity contribution < 1.29 is 23.8 Å². The van der Waals surface area contributed by atoms with Gasteiger partial charge in [0, 0.05) is 18.8 Å². The van der Waals surface area contributed by atoms with E-state index >= 15 is 0 Å². The number of benzene rings is 1. The van der Waals surface area contributed by atoms with Gasteiger partial charge in [-0.25, -0.2) is 4.79 Å². The third-order valence-corrected chi connectivity index (χ3v) is 3.80. The molecular formula is C19H27NO5. The Hall–Kier alpha value is -2.08. The number of nitrogens with one attached hydrogen (secondary N) is 1. The molecule has 0 atom stereocenters. The molecule has 1 aromatic rings. The number of ether oxygens (including phenoxy) is 3. The van der Waals surface area contributed by atoms with E-state index in [4.69, 9.17) is 14.2 Å². The monoisotopic (exact) mass is 349 g/mol. The SMILES string of the molecule is CC(C)(C)OC(=O)NCC(=O)c1ccc(OCC2CCOCC2)cc1. The molecule has 25 heavy (non-hydrogen) atoms. The lowest BCUT2D eigenvalue weighted by atomic mass is 10.0. The van der Waals surface area contributed by atoms with Gasteiger partial charge in [-0.3, -0.25) is 4.79 Å².